The molecule has 0 fully saturated rings. The van der Waals surface area contributed by atoms with E-state index >= 15 is 0 Å². The SMILES string of the molecule is CC/C=C\C/C=C\C/C=C\C/C=C\CCCCCCC(=O)OC(/C=C\C/C=C\C/C=C\CC)CCCCCCCCC(=O)NCC(=O)NC(CO)C(=O)O. The van der Waals surface area contributed by atoms with Gasteiger partial charge in [-0.15, -0.1) is 0 Å². The molecule has 0 heterocycles. The van der Waals surface area contributed by atoms with Gasteiger partial charge in [-0.3, -0.25) is 14.4 Å². The molecule has 0 saturated carbocycles. The molecule has 0 radical (unpaired) electrons. The van der Waals surface area contributed by atoms with Gasteiger partial charge in [0.25, 0.3) is 0 Å². The molecule has 0 bridgehead atoms. The molecular weight excluding hydrogens is 681 g/mol. The maximum absolute atomic E-state index is 12.7. The van der Waals surface area contributed by atoms with Gasteiger partial charge >= 0.3 is 11.9 Å². The van der Waals surface area contributed by atoms with Gasteiger partial charge in [-0.05, 0) is 89.5 Å². The van der Waals surface area contributed by atoms with Crippen LogP contribution in [0.4, 0.5) is 0 Å². The highest BCUT2D eigenvalue weighted by Gasteiger charge is 2.18. The zero-order chi connectivity index (χ0) is 39.7. The fourth-order valence-corrected chi connectivity index (χ4v) is 5.28. The average Bonchev–Trinajstić information content (AvgIpc) is 3.15. The van der Waals surface area contributed by atoms with E-state index in [0.717, 1.165) is 116 Å². The van der Waals surface area contributed by atoms with Crippen molar-refractivity contribution >= 4 is 23.8 Å². The minimum atomic E-state index is -1.39. The van der Waals surface area contributed by atoms with Crippen LogP contribution in [-0.4, -0.2) is 59.3 Å². The van der Waals surface area contributed by atoms with E-state index < -0.39 is 24.5 Å². The molecule has 0 rings (SSSR count). The summed E-state index contributed by atoms with van der Waals surface area (Å²) in [6.45, 7) is 3.22. The number of hydrogen-bond donors (Lipinski definition) is 4. The van der Waals surface area contributed by atoms with Crippen LogP contribution in [0.25, 0.3) is 0 Å². The van der Waals surface area contributed by atoms with Crippen LogP contribution in [0.15, 0.2) is 85.1 Å². The number of aliphatic hydroxyl groups excluding tert-OH is 1. The molecule has 9 heteroatoms. The average molecular weight is 753 g/mol. The number of carbonyl (C=O) groups is 4. The fraction of sp³-hybridized carbons (Fsp3) is 0.600. The Morgan fingerprint density at radius 3 is 1.61 bits per heavy atom. The second-order valence-corrected chi connectivity index (χ2v) is 13.3. The molecule has 2 amide bonds. The molecule has 2 atom stereocenters. The Morgan fingerprint density at radius 1 is 0.574 bits per heavy atom. The van der Waals surface area contributed by atoms with Crippen molar-refractivity contribution in [3.05, 3.63) is 85.1 Å². The molecule has 0 aromatic rings. The Hall–Kier alpha value is -3.98. The molecule has 304 valence electrons. The third-order valence-electron chi connectivity index (χ3n) is 8.37. The second kappa shape index (κ2) is 38.7. The van der Waals surface area contributed by atoms with E-state index in [-0.39, 0.29) is 30.9 Å². The fourth-order valence-electron chi connectivity index (χ4n) is 5.28. The first kappa shape index (κ1) is 50.0. The van der Waals surface area contributed by atoms with Crippen molar-refractivity contribution in [1.29, 1.82) is 0 Å². The lowest BCUT2D eigenvalue weighted by atomic mass is 10.1. The Labute approximate surface area is 326 Å². The third kappa shape index (κ3) is 35.1. The number of allylic oxidation sites excluding steroid dienone is 13. The summed E-state index contributed by atoms with van der Waals surface area (Å²) in [6, 6.07) is -1.39. The van der Waals surface area contributed by atoms with E-state index in [1.165, 1.54) is 0 Å². The number of nitrogens with one attached hydrogen (secondary N) is 2. The minimum Gasteiger partial charge on any atom is -0.480 e. The topological polar surface area (TPSA) is 142 Å². The normalized spacial score (nSPS) is 13.4. The largest absolute Gasteiger partial charge is 0.480 e. The summed E-state index contributed by atoms with van der Waals surface area (Å²) in [6.07, 6.45) is 49.2. The second-order valence-electron chi connectivity index (χ2n) is 13.3. The molecule has 0 aromatic heterocycles. The molecule has 4 N–H and O–H groups in total. The number of carboxylic acid groups (broad SMARTS) is 1. The van der Waals surface area contributed by atoms with E-state index in [1.807, 2.05) is 6.08 Å². The predicted molar refractivity (Wildman–Crippen MR) is 222 cm³/mol. The summed E-state index contributed by atoms with van der Waals surface area (Å²) < 4.78 is 5.89. The standard InChI is InChI=1S/C45H72N2O7/c1-3-5-7-9-11-13-14-15-16-17-18-19-20-21-23-29-33-37-44(51)54-40(34-30-26-22-12-10-8-6-4-2)35-31-27-24-25-28-32-36-42(49)46-38-43(50)47-41(39-48)45(52)53/h5-8,11-13,15-16,18-19,22,30,34,40-41,48H,3-4,9-10,14,17,20-21,23-29,31-33,35-39H2,1-2H3,(H,46,49)(H,47,50)(H,52,53)/b7-5-,8-6-,13-11-,16-15-,19-18-,22-12-,34-30-. The van der Waals surface area contributed by atoms with Crippen molar-refractivity contribution in [3.63, 3.8) is 0 Å². The number of amides is 2. The molecule has 0 spiro atoms. The number of unbranched alkanes of at least 4 members (excludes halogenated alkanes) is 9. The first-order chi connectivity index (χ1) is 26.3. The molecule has 9 nitrogen and oxygen atoms in total. The summed E-state index contributed by atoms with van der Waals surface area (Å²) in [7, 11) is 0. The van der Waals surface area contributed by atoms with Gasteiger partial charge < -0.3 is 25.6 Å². The zero-order valence-corrected chi connectivity index (χ0v) is 33.4. The summed E-state index contributed by atoms with van der Waals surface area (Å²) in [5, 5.41) is 22.5. The van der Waals surface area contributed by atoms with Gasteiger partial charge in [-0.2, -0.15) is 0 Å². The molecule has 2 unspecified atom stereocenters. The predicted octanol–water partition coefficient (Wildman–Crippen LogP) is 9.70. The number of carboxylic acids is 1. The quantitative estimate of drug-likeness (QED) is 0.0287. The summed E-state index contributed by atoms with van der Waals surface area (Å²) >= 11 is 0. The van der Waals surface area contributed by atoms with Gasteiger partial charge in [0.2, 0.25) is 11.8 Å². The lowest BCUT2D eigenvalue weighted by molar-refractivity contribution is -0.147. The highest BCUT2D eigenvalue weighted by molar-refractivity contribution is 5.87. The first-order valence-electron chi connectivity index (χ1n) is 20.5. The summed E-state index contributed by atoms with van der Waals surface area (Å²) in [5.74, 6) is -2.40. The molecule has 54 heavy (non-hydrogen) atoms. The van der Waals surface area contributed by atoms with Crippen LogP contribution in [0.5, 0.6) is 0 Å². The van der Waals surface area contributed by atoms with Crippen LogP contribution in [0, 0.1) is 0 Å². The molecule has 0 aromatic carbocycles. The van der Waals surface area contributed by atoms with Crippen molar-refractivity contribution in [2.45, 2.75) is 161 Å². The van der Waals surface area contributed by atoms with E-state index in [0.29, 0.717) is 12.8 Å². The maximum Gasteiger partial charge on any atom is 0.328 e. The summed E-state index contributed by atoms with van der Waals surface area (Å²) in [5.41, 5.74) is 0. The maximum atomic E-state index is 12.7. The van der Waals surface area contributed by atoms with E-state index in [2.05, 4.69) is 103 Å². The summed E-state index contributed by atoms with van der Waals surface area (Å²) in [4.78, 5) is 47.3. The molecule has 0 aliphatic rings. The monoisotopic (exact) mass is 753 g/mol. The minimum absolute atomic E-state index is 0.130. The van der Waals surface area contributed by atoms with Crippen molar-refractivity contribution in [3.8, 4) is 0 Å². The Balaban J connectivity index is 4.33. The first-order valence-corrected chi connectivity index (χ1v) is 20.5. The van der Waals surface area contributed by atoms with Crippen molar-refractivity contribution in [2.75, 3.05) is 13.2 Å². The van der Waals surface area contributed by atoms with Crippen LogP contribution in [0.2, 0.25) is 0 Å². The van der Waals surface area contributed by atoms with E-state index in [1.54, 1.807) is 0 Å². The van der Waals surface area contributed by atoms with Crippen LogP contribution >= 0.6 is 0 Å². The molecular formula is C45H72N2O7. The van der Waals surface area contributed by atoms with Crippen LogP contribution in [-0.2, 0) is 23.9 Å². The van der Waals surface area contributed by atoms with Crippen LogP contribution in [0.3, 0.4) is 0 Å². The van der Waals surface area contributed by atoms with Crippen molar-refractivity contribution in [2.24, 2.45) is 0 Å². The highest BCUT2D eigenvalue weighted by Crippen LogP contribution is 2.15. The van der Waals surface area contributed by atoms with Crippen molar-refractivity contribution in [1.82, 2.24) is 10.6 Å². The van der Waals surface area contributed by atoms with Crippen LogP contribution in [0.1, 0.15) is 149 Å². The molecule has 0 aliphatic carbocycles. The number of rotatable bonds is 35. The lowest BCUT2D eigenvalue weighted by Crippen LogP contribution is -2.47. The molecule has 0 saturated heterocycles. The smallest absolute Gasteiger partial charge is 0.328 e. The van der Waals surface area contributed by atoms with Crippen molar-refractivity contribution < 1.29 is 34.1 Å². The van der Waals surface area contributed by atoms with Gasteiger partial charge in [-0.1, -0.05) is 131 Å². The van der Waals surface area contributed by atoms with E-state index in [4.69, 9.17) is 14.9 Å². The van der Waals surface area contributed by atoms with Gasteiger partial charge in [0.15, 0.2) is 0 Å². The van der Waals surface area contributed by atoms with E-state index in [9.17, 15) is 19.2 Å². The third-order valence-corrected chi connectivity index (χ3v) is 8.37. The number of ether oxygens (including phenoxy) is 1. The number of esters is 1. The number of carbonyl (C=O) groups excluding carboxylic acids is 3. The Kier molecular flexibility index (Phi) is 35.9. The van der Waals surface area contributed by atoms with Gasteiger partial charge in [0, 0.05) is 12.8 Å². The lowest BCUT2D eigenvalue weighted by Gasteiger charge is -2.14. The number of hydrogen-bond acceptors (Lipinski definition) is 6. The number of aliphatic hydroxyl groups is 1. The van der Waals surface area contributed by atoms with Gasteiger partial charge in [0.1, 0.15) is 12.1 Å². The van der Waals surface area contributed by atoms with Crippen LogP contribution < -0.4 is 10.6 Å². The highest BCUT2D eigenvalue weighted by atomic mass is 16.5. The van der Waals surface area contributed by atoms with Gasteiger partial charge in [-0.25, -0.2) is 4.79 Å². The zero-order valence-electron chi connectivity index (χ0n) is 33.4. The Bertz CT molecular complexity index is 1180. The van der Waals surface area contributed by atoms with Gasteiger partial charge in [0.05, 0.1) is 13.2 Å². The Morgan fingerprint density at radius 2 is 1.06 bits per heavy atom. The number of aliphatic carboxylic acids is 1. The molecule has 0 aliphatic heterocycles.